The van der Waals surface area contributed by atoms with Crippen LogP contribution >= 0.6 is 0 Å². The lowest BCUT2D eigenvalue weighted by Crippen LogP contribution is -2.05. The summed E-state index contributed by atoms with van der Waals surface area (Å²) in [5.74, 6) is 5.68. The SMILES string of the molecule is [B]c1ccc2nccc(ON)c2c1. The summed E-state index contributed by atoms with van der Waals surface area (Å²) in [6.07, 6.45) is 1.64. The highest BCUT2D eigenvalue weighted by atomic mass is 16.6. The van der Waals surface area contributed by atoms with Gasteiger partial charge in [-0.3, -0.25) is 4.98 Å². The van der Waals surface area contributed by atoms with Gasteiger partial charge >= 0.3 is 0 Å². The zero-order chi connectivity index (χ0) is 9.26. The molecule has 2 radical (unpaired) electrons. The van der Waals surface area contributed by atoms with Crippen molar-refractivity contribution in [2.75, 3.05) is 0 Å². The fourth-order valence-corrected chi connectivity index (χ4v) is 1.24. The quantitative estimate of drug-likeness (QED) is 0.493. The van der Waals surface area contributed by atoms with Crippen molar-refractivity contribution >= 4 is 24.2 Å². The highest BCUT2D eigenvalue weighted by Crippen LogP contribution is 2.20. The summed E-state index contributed by atoms with van der Waals surface area (Å²) in [5.41, 5.74) is 1.48. The number of nitrogens with two attached hydrogens (primary N) is 1. The average molecular weight is 170 g/mol. The van der Waals surface area contributed by atoms with E-state index < -0.39 is 0 Å². The Morgan fingerprint density at radius 1 is 1.31 bits per heavy atom. The van der Waals surface area contributed by atoms with Gasteiger partial charge in [-0.15, -0.1) is 0 Å². The molecule has 0 spiro atoms. The van der Waals surface area contributed by atoms with E-state index >= 15 is 0 Å². The lowest BCUT2D eigenvalue weighted by Gasteiger charge is -2.03. The Balaban J connectivity index is 2.79. The third kappa shape index (κ3) is 1.36. The molecule has 0 aliphatic heterocycles. The van der Waals surface area contributed by atoms with Gasteiger partial charge in [-0.1, -0.05) is 17.6 Å². The summed E-state index contributed by atoms with van der Waals surface area (Å²) >= 11 is 0. The van der Waals surface area contributed by atoms with Crippen molar-refractivity contribution in [1.29, 1.82) is 0 Å². The van der Waals surface area contributed by atoms with Gasteiger partial charge in [0, 0.05) is 17.6 Å². The molecule has 0 aliphatic carbocycles. The maximum absolute atomic E-state index is 5.62. The van der Waals surface area contributed by atoms with Gasteiger partial charge in [-0.25, -0.2) is 0 Å². The van der Waals surface area contributed by atoms with Crippen LogP contribution in [-0.2, 0) is 0 Å². The molecule has 1 aromatic carbocycles. The Morgan fingerprint density at radius 3 is 2.92 bits per heavy atom. The summed E-state index contributed by atoms with van der Waals surface area (Å²) in [6, 6.07) is 7.09. The van der Waals surface area contributed by atoms with Gasteiger partial charge in [0.1, 0.15) is 7.85 Å². The smallest absolute Gasteiger partial charge is 0.157 e. The Kier molecular flexibility index (Phi) is 1.90. The van der Waals surface area contributed by atoms with Gasteiger partial charge in [-0.2, -0.15) is 5.90 Å². The van der Waals surface area contributed by atoms with Crippen molar-refractivity contribution in [1.82, 2.24) is 4.98 Å². The third-order valence-corrected chi connectivity index (χ3v) is 1.85. The van der Waals surface area contributed by atoms with E-state index in [0.29, 0.717) is 11.2 Å². The lowest BCUT2D eigenvalue weighted by atomic mass is 9.94. The van der Waals surface area contributed by atoms with Crippen LogP contribution in [0, 0.1) is 0 Å². The van der Waals surface area contributed by atoms with E-state index in [1.807, 2.05) is 6.07 Å². The Bertz CT molecular complexity index is 445. The van der Waals surface area contributed by atoms with Gasteiger partial charge < -0.3 is 4.84 Å². The highest BCUT2D eigenvalue weighted by molar-refractivity contribution is 6.33. The van der Waals surface area contributed by atoms with Crippen LogP contribution in [-0.4, -0.2) is 12.8 Å². The van der Waals surface area contributed by atoms with Crippen LogP contribution in [0.25, 0.3) is 10.9 Å². The summed E-state index contributed by atoms with van der Waals surface area (Å²) in [6.45, 7) is 0. The van der Waals surface area contributed by atoms with Crippen LogP contribution in [0.1, 0.15) is 0 Å². The van der Waals surface area contributed by atoms with Crippen LogP contribution in [0.3, 0.4) is 0 Å². The largest absolute Gasteiger partial charge is 0.411 e. The first-order valence-corrected chi connectivity index (χ1v) is 3.82. The number of pyridine rings is 1. The summed E-state index contributed by atoms with van der Waals surface area (Å²) in [4.78, 5) is 8.83. The molecule has 0 saturated heterocycles. The molecular weight excluding hydrogens is 163 g/mol. The average Bonchev–Trinajstić information content (AvgIpc) is 2.17. The minimum atomic E-state index is 0.581. The first kappa shape index (κ1) is 8.07. The second-order valence-electron chi connectivity index (χ2n) is 2.70. The number of fused-ring (bicyclic) bond motifs is 1. The zero-order valence-electron chi connectivity index (χ0n) is 6.90. The predicted molar refractivity (Wildman–Crippen MR) is 51.9 cm³/mol. The number of nitrogens with zero attached hydrogens (tertiary/aromatic N) is 1. The molecule has 62 valence electrons. The van der Waals surface area contributed by atoms with E-state index in [1.165, 1.54) is 0 Å². The number of benzene rings is 1. The zero-order valence-corrected chi connectivity index (χ0v) is 6.90. The minimum absolute atomic E-state index is 0.581. The lowest BCUT2D eigenvalue weighted by molar-refractivity contribution is 0.338. The van der Waals surface area contributed by atoms with Crippen molar-refractivity contribution in [3.8, 4) is 5.75 Å². The molecule has 13 heavy (non-hydrogen) atoms. The minimum Gasteiger partial charge on any atom is -0.411 e. The number of aromatic nitrogens is 1. The first-order valence-electron chi connectivity index (χ1n) is 3.82. The molecule has 3 nitrogen and oxygen atoms in total. The summed E-state index contributed by atoms with van der Waals surface area (Å²) in [7, 11) is 5.62. The molecule has 1 aromatic heterocycles. The third-order valence-electron chi connectivity index (χ3n) is 1.85. The van der Waals surface area contributed by atoms with Crippen LogP contribution in [0.5, 0.6) is 5.75 Å². The number of hydrogen-bond acceptors (Lipinski definition) is 3. The van der Waals surface area contributed by atoms with E-state index in [2.05, 4.69) is 9.82 Å². The van der Waals surface area contributed by atoms with Gasteiger partial charge in [0.2, 0.25) is 0 Å². The van der Waals surface area contributed by atoms with Crippen LogP contribution in [0.4, 0.5) is 0 Å². The van der Waals surface area contributed by atoms with E-state index in [9.17, 15) is 0 Å². The topological polar surface area (TPSA) is 48.1 Å². The van der Waals surface area contributed by atoms with Gasteiger partial charge in [0.05, 0.1) is 5.52 Å². The molecule has 2 rings (SSSR count). The molecule has 4 heteroatoms. The normalized spacial score (nSPS) is 10.2. The second kappa shape index (κ2) is 3.07. The maximum atomic E-state index is 5.62. The Morgan fingerprint density at radius 2 is 2.15 bits per heavy atom. The molecule has 1 heterocycles. The van der Waals surface area contributed by atoms with Gasteiger partial charge in [0.15, 0.2) is 5.75 Å². The Hall–Kier alpha value is -1.55. The molecule has 0 saturated carbocycles. The molecule has 0 fully saturated rings. The van der Waals surface area contributed by atoms with E-state index in [1.54, 1.807) is 24.4 Å². The molecule has 0 amide bonds. The van der Waals surface area contributed by atoms with Gasteiger partial charge in [0.25, 0.3) is 0 Å². The molecular formula is C9H7BN2O. The Labute approximate surface area is 76.9 Å². The predicted octanol–water partition coefficient (Wildman–Crippen LogP) is 0.281. The summed E-state index contributed by atoms with van der Waals surface area (Å²) in [5, 5.41) is 0.824. The van der Waals surface area contributed by atoms with Crippen LogP contribution in [0.2, 0.25) is 0 Å². The first-order chi connectivity index (χ1) is 6.31. The van der Waals surface area contributed by atoms with Crippen molar-refractivity contribution in [2.45, 2.75) is 0 Å². The van der Waals surface area contributed by atoms with Crippen molar-refractivity contribution < 1.29 is 4.84 Å². The fraction of sp³-hybridized carbons (Fsp3) is 0. The van der Waals surface area contributed by atoms with E-state index in [0.717, 1.165) is 10.9 Å². The molecule has 2 aromatic rings. The standard InChI is InChI=1S/C9H7BN2O/c10-6-1-2-8-7(5-6)9(13-11)3-4-12-8/h1-5H,11H2. The van der Waals surface area contributed by atoms with Gasteiger partial charge in [-0.05, 0) is 6.07 Å². The highest BCUT2D eigenvalue weighted by Gasteiger charge is 2.01. The van der Waals surface area contributed by atoms with Crippen LogP contribution < -0.4 is 16.2 Å². The molecule has 0 atom stereocenters. The molecule has 0 bridgehead atoms. The van der Waals surface area contributed by atoms with Crippen molar-refractivity contribution in [3.63, 3.8) is 0 Å². The maximum Gasteiger partial charge on any atom is 0.157 e. The molecule has 0 unspecified atom stereocenters. The van der Waals surface area contributed by atoms with Crippen molar-refractivity contribution in [3.05, 3.63) is 30.5 Å². The summed E-state index contributed by atoms with van der Waals surface area (Å²) < 4.78 is 0. The van der Waals surface area contributed by atoms with E-state index in [-0.39, 0.29) is 0 Å². The molecule has 2 N–H and O–H groups in total. The number of rotatable bonds is 1. The number of hydrogen-bond donors (Lipinski definition) is 1. The molecule has 0 aliphatic rings. The fourth-order valence-electron chi connectivity index (χ4n) is 1.24. The monoisotopic (exact) mass is 170 g/mol. The van der Waals surface area contributed by atoms with Crippen molar-refractivity contribution in [2.24, 2.45) is 5.90 Å². The van der Waals surface area contributed by atoms with Crippen LogP contribution in [0.15, 0.2) is 30.5 Å². The van der Waals surface area contributed by atoms with E-state index in [4.69, 9.17) is 13.7 Å². The second-order valence-corrected chi connectivity index (χ2v) is 2.70.